The minimum Gasteiger partial charge on any atom is -0.372 e. The Bertz CT molecular complexity index is 520. The Morgan fingerprint density at radius 2 is 2.25 bits per heavy atom. The first kappa shape index (κ1) is 11.0. The van der Waals surface area contributed by atoms with Crippen LogP contribution in [0, 0.1) is 18.4 Å². The van der Waals surface area contributed by atoms with Gasteiger partial charge in [0.15, 0.2) is 5.69 Å². The van der Waals surface area contributed by atoms with Crippen LogP contribution >= 0.6 is 11.6 Å². The lowest BCUT2D eigenvalue weighted by Crippen LogP contribution is -2.44. The van der Waals surface area contributed by atoms with Crippen LogP contribution in [0.5, 0.6) is 0 Å². The summed E-state index contributed by atoms with van der Waals surface area (Å²) in [7, 11) is 0. The van der Waals surface area contributed by atoms with Crippen molar-refractivity contribution in [3.63, 3.8) is 0 Å². The molecule has 2 rings (SSSR count). The third-order valence-corrected chi connectivity index (χ3v) is 2.49. The Labute approximate surface area is 97.8 Å². The minimum atomic E-state index is -1.56. The third-order valence-electron chi connectivity index (χ3n) is 2.16. The second-order valence-corrected chi connectivity index (χ2v) is 3.89. The van der Waals surface area contributed by atoms with Gasteiger partial charge in [0, 0.05) is 5.56 Å². The zero-order valence-electron chi connectivity index (χ0n) is 8.26. The van der Waals surface area contributed by atoms with Crippen molar-refractivity contribution in [3.05, 3.63) is 40.2 Å². The SMILES string of the molecule is [C-]#[N+]c1ccc(Cl)c(C#CC2(F)COC2)c1. The molecule has 1 heterocycles. The normalized spacial score (nSPS) is 16.6. The highest BCUT2D eigenvalue weighted by Crippen LogP contribution is 2.24. The quantitative estimate of drug-likeness (QED) is 0.498. The maximum Gasteiger partial charge on any atom is 0.217 e. The van der Waals surface area contributed by atoms with Crippen molar-refractivity contribution >= 4 is 17.3 Å². The van der Waals surface area contributed by atoms with Gasteiger partial charge in [0.05, 0.1) is 24.8 Å². The summed E-state index contributed by atoms with van der Waals surface area (Å²) in [5.41, 5.74) is -0.650. The molecule has 1 saturated heterocycles. The van der Waals surface area contributed by atoms with E-state index in [2.05, 4.69) is 16.7 Å². The highest BCUT2D eigenvalue weighted by atomic mass is 35.5. The van der Waals surface area contributed by atoms with E-state index in [1.807, 2.05) is 0 Å². The molecule has 4 heteroatoms. The maximum absolute atomic E-state index is 13.5. The molecular weight excluding hydrogens is 229 g/mol. The third kappa shape index (κ3) is 2.17. The number of benzene rings is 1. The molecule has 0 saturated carbocycles. The van der Waals surface area contributed by atoms with Gasteiger partial charge in [-0.3, -0.25) is 0 Å². The van der Waals surface area contributed by atoms with E-state index >= 15 is 0 Å². The summed E-state index contributed by atoms with van der Waals surface area (Å²) >= 11 is 5.88. The lowest BCUT2D eigenvalue weighted by molar-refractivity contribution is -0.0934. The van der Waals surface area contributed by atoms with E-state index in [1.165, 1.54) is 0 Å². The van der Waals surface area contributed by atoms with Gasteiger partial charge in [0.25, 0.3) is 0 Å². The molecule has 1 fully saturated rings. The van der Waals surface area contributed by atoms with Crippen LogP contribution < -0.4 is 0 Å². The molecule has 1 aromatic rings. The van der Waals surface area contributed by atoms with E-state index in [0.717, 1.165) is 0 Å². The molecule has 0 spiro atoms. The topological polar surface area (TPSA) is 13.6 Å². The molecular formula is C12H7ClFNO. The summed E-state index contributed by atoms with van der Waals surface area (Å²) in [6, 6.07) is 4.73. The first-order chi connectivity index (χ1) is 7.63. The Hall–Kier alpha value is -1.55. The van der Waals surface area contributed by atoms with E-state index < -0.39 is 5.67 Å². The Balaban J connectivity index is 2.30. The molecule has 0 aliphatic carbocycles. The molecule has 16 heavy (non-hydrogen) atoms. The number of alkyl halides is 1. The van der Waals surface area contributed by atoms with Crippen LogP contribution in [-0.2, 0) is 4.74 Å². The highest BCUT2D eigenvalue weighted by molar-refractivity contribution is 6.31. The average Bonchev–Trinajstić information content (AvgIpc) is 2.25. The molecule has 0 radical (unpaired) electrons. The smallest absolute Gasteiger partial charge is 0.217 e. The molecule has 0 aromatic heterocycles. The number of nitrogens with zero attached hydrogens (tertiary/aromatic N) is 1. The predicted octanol–water partition coefficient (Wildman–Crippen LogP) is 2.98. The molecule has 0 N–H and O–H groups in total. The Morgan fingerprint density at radius 1 is 1.50 bits per heavy atom. The van der Waals surface area contributed by atoms with E-state index in [-0.39, 0.29) is 13.2 Å². The number of ether oxygens (including phenoxy) is 1. The zero-order valence-corrected chi connectivity index (χ0v) is 9.01. The minimum absolute atomic E-state index is 0.000128. The fraction of sp³-hybridized carbons (Fsp3) is 0.250. The summed E-state index contributed by atoms with van der Waals surface area (Å²) < 4.78 is 18.2. The first-order valence-corrected chi connectivity index (χ1v) is 4.98. The maximum atomic E-state index is 13.5. The van der Waals surface area contributed by atoms with Gasteiger partial charge in [0.2, 0.25) is 5.67 Å². The zero-order chi connectivity index (χ0) is 11.6. The Morgan fingerprint density at radius 3 is 2.81 bits per heavy atom. The van der Waals surface area contributed by atoms with Crippen molar-refractivity contribution in [2.45, 2.75) is 5.67 Å². The molecule has 2 nitrogen and oxygen atoms in total. The van der Waals surface area contributed by atoms with Crippen LogP contribution in [0.15, 0.2) is 18.2 Å². The highest BCUT2D eigenvalue weighted by Gasteiger charge is 2.36. The molecule has 1 aromatic carbocycles. The van der Waals surface area contributed by atoms with Gasteiger partial charge in [-0.05, 0) is 6.07 Å². The molecule has 1 aliphatic heterocycles. The second kappa shape index (κ2) is 4.14. The lowest BCUT2D eigenvalue weighted by atomic mass is 10.0. The van der Waals surface area contributed by atoms with Crippen molar-refractivity contribution in [2.24, 2.45) is 0 Å². The fourth-order valence-electron chi connectivity index (χ4n) is 1.21. The van der Waals surface area contributed by atoms with Crippen molar-refractivity contribution in [1.29, 1.82) is 0 Å². The van der Waals surface area contributed by atoms with E-state index in [1.54, 1.807) is 18.2 Å². The summed E-state index contributed by atoms with van der Waals surface area (Å²) in [6.45, 7) is 6.85. The summed E-state index contributed by atoms with van der Waals surface area (Å²) in [4.78, 5) is 3.26. The molecule has 80 valence electrons. The lowest BCUT2D eigenvalue weighted by Gasteiger charge is -2.28. The van der Waals surface area contributed by atoms with Gasteiger partial charge in [-0.15, -0.1) is 0 Å². The Kier molecular flexibility index (Phi) is 2.83. The first-order valence-electron chi connectivity index (χ1n) is 4.60. The van der Waals surface area contributed by atoms with Crippen molar-refractivity contribution < 1.29 is 9.13 Å². The van der Waals surface area contributed by atoms with Gasteiger partial charge in [-0.1, -0.05) is 35.6 Å². The number of hydrogen-bond acceptors (Lipinski definition) is 1. The van der Waals surface area contributed by atoms with Gasteiger partial charge < -0.3 is 4.74 Å². The van der Waals surface area contributed by atoms with Crippen molar-refractivity contribution in [1.82, 2.24) is 0 Å². The van der Waals surface area contributed by atoms with Crippen LogP contribution in [-0.4, -0.2) is 18.9 Å². The van der Waals surface area contributed by atoms with Gasteiger partial charge >= 0.3 is 0 Å². The number of hydrogen-bond donors (Lipinski definition) is 0. The molecule has 1 aliphatic rings. The van der Waals surface area contributed by atoms with Crippen LogP contribution in [0.25, 0.3) is 4.85 Å². The fourth-order valence-corrected chi connectivity index (χ4v) is 1.38. The molecule has 0 amide bonds. The average molecular weight is 236 g/mol. The standard InChI is InChI=1S/C12H7ClFNO/c1-15-10-2-3-11(13)9(6-10)4-5-12(14)7-16-8-12/h2-3,6H,7-8H2. The van der Waals surface area contributed by atoms with Gasteiger partial charge in [0.1, 0.15) is 0 Å². The molecule has 0 atom stereocenters. The van der Waals surface area contributed by atoms with E-state index in [4.69, 9.17) is 22.9 Å². The van der Waals surface area contributed by atoms with Gasteiger partial charge in [-0.25, -0.2) is 9.24 Å². The second-order valence-electron chi connectivity index (χ2n) is 3.48. The van der Waals surface area contributed by atoms with E-state index in [0.29, 0.717) is 16.3 Å². The van der Waals surface area contributed by atoms with Crippen molar-refractivity contribution in [3.8, 4) is 11.8 Å². The summed E-state index contributed by atoms with van der Waals surface area (Å²) in [5.74, 6) is 5.12. The van der Waals surface area contributed by atoms with Gasteiger partial charge in [-0.2, -0.15) is 0 Å². The molecule has 0 bridgehead atoms. The van der Waals surface area contributed by atoms with Crippen molar-refractivity contribution in [2.75, 3.05) is 13.2 Å². The van der Waals surface area contributed by atoms with E-state index in [9.17, 15) is 4.39 Å². The summed E-state index contributed by atoms with van der Waals surface area (Å²) in [5, 5.41) is 0.420. The largest absolute Gasteiger partial charge is 0.372 e. The molecule has 0 unspecified atom stereocenters. The van der Waals surface area contributed by atoms with Crippen LogP contribution in [0.3, 0.4) is 0 Å². The predicted molar refractivity (Wildman–Crippen MR) is 59.3 cm³/mol. The van der Waals surface area contributed by atoms with Crippen LogP contribution in [0.2, 0.25) is 5.02 Å². The number of halogens is 2. The van der Waals surface area contributed by atoms with Crippen LogP contribution in [0.1, 0.15) is 5.56 Å². The van der Waals surface area contributed by atoms with Crippen LogP contribution in [0.4, 0.5) is 10.1 Å². The monoisotopic (exact) mass is 235 g/mol. The number of rotatable bonds is 0. The summed E-state index contributed by atoms with van der Waals surface area (Å²) in [6.07, 6.45) is 0.